The smallest absolute Gasteiger partial charge is 0.291 e. The summed E-state index contributed by atoms with van der Waals surface area (Å²) in [4.78, 5) is 42.6. The lowest BCUT2D eigenvalue weighted by molar-refractivity contribution is -0.733. The Bertz CT molecular complexity index is 1320. The Balaban J connectivity index is 1.49. The Hall–Kier alpha value is -3.16. The van der Waals surface area contributed by atoms with Crippen LogP contribution in [-0.4, -0.2) is 35.8 Å². The van der Waals surface area contributed by atoms with E-state index in [1.165, 1.54) is 4.90 Å². The fourth-order valence-corrected chi connectivity index (χ4v) is 6.52. The topological polar surface area (TPSA) is 83.1 Å². The first-order valence-electron chi connectivity index (χ1n) is 11.2. The van der Waals surface area contributed by atoms with E-state index in [0.717, 1.165) is 34.2 Å². The highest BCUT2D eigenvalue weighted by atomic mass is 32.2. The summed E-state index contributed by atoms with van der Waals surface area (Å²) in [5.74, 6) is -1.08. The number of imide groups is 1. The molecular weight excluding hydrogens is 434 g/mol. The van der Waals surface area contributed by atoms with Gasteiger partial charge in [0.05, 0.1) is 11.4 Å². The highest BCUT2D eigenvalue weighted by Crippen LogP contribution is 2.50. The van der Waals surface area contributed by atoms with Crippen LogP contribution in [0.1, 0.15) is 12.0 Å². The van der Waals surface area contributed by atoms with Gasteiger partial charge < -0.3 is 10.6 Å². The SMILES string of the molecule is CSCC[C@H]1[NH2+][C@]2(C(=O)Nc3ccccc32)[C@H]2C(=O)N(c3ccc4ccccc4c3)C(=O)[C@H]12. The van der Waals surface area contributed by atoms with Crippen molar-refractivity contribution in [2.45, 2.75) is 18.0 Å². The molecule has 3 heterocycles. The van der Waals surface area contributed by atoms with Crippen molar-refractivity contribution in [2.24, 2.45) is 11.8 Å². The molecule has 0 aromatic heterocycles. The van der Waals surface area contributed by atoms with Gasteiger partial charge in [-0.15, -0.1) is 0 Å². The van der Waals surface area contributed by atoms with Crippen molar-refractivity contribution in [3.63, 3.8) is 0 Å². The average molecular weight is 459 g/mol. The van der Waals surface area contributed by atoms with Crippen molar-refractivity contribution in [3.05, 3.63) is 72.3 Å². The first-order chi connectivity index (χ1) is 16.1. The van der Waals surface area contributed by atoms with Gasteiger partial charge in [0.2, 0.25) is 17.4 Å². The predicted octanol–water partition coefficient (Wildman–Crippen LogP) is 2.49. The van der Waals surface area contributed by atoms with E-state index >= 15 is 0 Å². The van der Waals surface area contributed by atoms with E-state index in [0.29, 0.717) is 5.69 Å². The number of carbonyl (C=O) groups excluding carboxylic acids is 3. The van der Waals surface area contributed by atoms with Crippen LogP contribution in [0, 0.1) is 11.8 Å². The Morgan fingerprint density at radius 2 is 1.73 bits per heavy atom. The number of fused-ring (bicyclic) bond motifs is 5. The minimum Gasteiger partial charge on any atom is -0.326 e. The van der Waals surface area contributed by atoms with Crippen LogP contribution >= 0.6 is 11.8 Å². The third kappa shape index (κ3) is 2.75. The molecule has 0 radical (unpaired) electrons. The van der Waals surface area contributed by atoms with Crippen molar-refractivity contribution in [1.82, 2.24) is 0 Å². The van der Waals surface area contributed by atoms with Gasteiger partial charge in [-0.25, -0.2) is 4.90 Å². The third-order valence-electron chi connectivity index (χ3n) is 7.42. The Labute approximate surface area is 195 Å². The van der Waals surface area contributed by atoms with Gasteiger partial charge in [-0.05, 0) is 41.0 Å². The van der Waals surface area contributed by atoms with E-state index < -0.39 is 17.4 Å². The molecule has 3 aromatic carbocycles. The molecule has 1 spiro atoms. The second kappa shape index (κ2) is 7.43. The highest BCUT2D eigenvalue weighted by Gasteiger charge is 2.74. The summed E-state index contributed by atoms with van der Waals surface area (Å²) in [6.07, 6.45) is 2.78. The number of anilines is 2. The lowest BCUT2D eigenvalue weighted by Crippen LogP contribution is -2.99. The third-order valence-corrected chi connectivity index (χ3v) is 8.07. The quantitative estimate of drug-likeness (QED) is 0.589. The average Bonchev–Trinajstić information content (AvgIpc) is 3.42. The molecule has 4 atom stereocenters. The van der Waals surface area contributed by atoms with Gasteiger partial charge >= 0.3 is 0 Å². The minimum atomic E-state index is -1.11. The van der Waals surface area contributed by atoms with Gasteiger partial charge in [0.25, 0.3) is 5.91 Å². The number of para-hydroxylation sites is 1. The van der Waals surface area contributed by atoms with E-state index in [4.69, 9.17) is 0 Å². The number of benzene rings is 3. The van der Waals surface area contributed by atoms with E-state index in [-0.39, 0.29) is 23.8 Å². The number of hydrogen-bond donors (Lipinski definition) is 2. The fourth-order valence-electron chi connectivity index (χ4n) is 6.01. The molecule has 6 rings (SSSR count). The number of carbonyl (C=O) groups is 3. The molecule has 6 nitrogen and oxygen atoms in total. The van der Waals surface area contributed by atoms with Crippen LogP contribution in [0.3, 0.4) is 0 Å². The molecule has 33 heavy (non-hydrogen) atoms. The first kappa shape index (κ1) is 20.4. The highest BCUT2D eigenvalue weighted by molar-refractivity contribution is 7.98. The van der Waals surface area contributed by atoms with E-state index in [1.807, 2.05) is 78.3 Å². The van der Waals surface area contributed by atoms with Gasteiger partial charge in [-0.3, -0.25) is 14.4 Å². The maximum absolute atomic E-state index is 14.0. The van der Waals surface area contributed by atoms with Crippen LogP contribution in [0.25, 0.3) is 10.8 Å². The van der Waals surface area contributed by atoms with Crippen LogP contribution in [0.2, 0.25) is 0 Å². The summed E-state index contributed by atoms with van der Waals surface area (Å²) in [7, 11) is 0. The van der Waals surface area contributed by atoms with Crippen molar-refractivity contribution in [1.29, 1.82) is 0 Å². The van der Waals surface area contributed by atoms with Crippen LogP contribution in [0.4, 0.5) is 11.4 Å². The number of nitrogens with zero attached hydrogens (tertiary/aromatic N) is 1. The molecule has 3 aliphatic heterocycles. The van der Waals surface area contributed by atoms with Gasteiger partial charge in [0, 0.05) is 12.0 Å². The van der Waals surface area contributed by atoms with Crippen LogP contribution in [-0.2, 0) is 19.9 Å². The Morgan fingerprint density at radius 1 is 0.970 bits per heavy atom. The molecule has 0 saturated carbocycles. The van der Waals surface area contributed by atoms with Crippen molar-refractivity contribution in [3.8, 4) is 0 Å². The molecule has 2 saturated heterocycles. The summed E-state index contributed by atoms with van der Waals surface area (Å²) >= 11 is 1.71. The summed E-state index contributed by atoms with van der Waals surface area (Å²) in [6, 6.07) is 20.9. The molecule has 7 heteroatoms. The van der Waals surface area contributed by atoms with Crippen molar-refractivity contribution in [2.75, 3.05) is 22.2 Å². The fraction of sp³-hybridized carbons (Fsp3) is 0.269. The molecule has 2 fully saturated rings. The predicted molar refractivity (Wildman–Crippen MR) is 129 cm³/mol. The maximum atomic E-state index is 14.0. The molecule has 0 aliphatic carbocycles. The largest absolute Gasteiger partial charge is 0.326 e. The van der Waals surface area contributed by atoms with E-state index in [9.17, 15) is 14.4 Å². The number of nitrogens with one attached hydrogen (secondary N) is 1. The number of hydrogen-bond acceptors (Lipinski definition) is 4. The number of nitrogens with two attached hydrogens (primary N) is 1. The first-order valence-corrected chi connectivity index (χ1v) is 12.6. The van der Waals surface area contributed by atoms with Gasteiger partial charge in [-0.2, -0.15) is 11.8 Å². The Kier molecular flexibility index (Phi) is 4.61. The summed E-state index contributed by atoms with van der Waals surface area (Å²) in [5.41, 5.74) is 0.997. The lowest BCUT2D eigenvalue weighted by Gasteiger charge is -2.26. The minimum absolute atomic E-state index is 0.138. The summed E-state index contributed by atoms with van der Waals surface area (Å²) < 4.78 is 0. The van der Waals surface area contributed by atoms with Gasteiger partial charge in [0.1, 0.15) is 17.9 Å². The normalized spacial score (nSPS) is 28.0. The van der Waals surface area contributed by atoms with Crippen LogP contribution in [0.15, 0.2) is 66.7 Å². The van der Waals surface area contributed by atoms with Crippen LogP contribution < -0.4 is 15.5 Å². The van der Waals surface area contributed by atoms with Crippen molar-refractivity contribution >= 4 is 51.6 Å². The lowest BCUT2D eigenvalue weighted by atomic mass is 9.76. The number of rotatable bonds is 4. The number of quaternary nitrogens is 1. The van der Waals surface area contributed by atoms with E-state index in [2.05, 4.69) is 5.32 Å². The van der Waals surface area contributed by atoms with Crippen molar-refractivity contribution < 1.29 is 19.7 Å². The molecular formula is C26H24N3O3S+. The second-order valence-corrected chi connectivity index (χ2v) is 10.0. The van der Waals surface area contributed by atoms with Gasteiger partial charge in [-0.1, -0.05) is 48.5 Å². The zero-order chi connectivity index (χ0) is 22.7. The molecule has 166 valence electrons. The Morgan fingerprint density at radius 3 is 2.55 bits per heavy atom. The zero-order valence-corrected chi connectivity index (χ0v) is 19.0. The molecule has 0 unspecified atom stereocenters. The zero-order valence-electron chi connectivity index (χ0n) is 18.2. The summed E-state index contributed by atoms with van der Waals surface area (Å²) in [5, 5.41) is 7.00. The number of amides is 3. The molecule has 3 amide bonds. The molecule has 3 aromatic rings. The van der Waals surface area contributed by atoms with Crippen LogP contribution in [0.5, 0.6) is 0 Å². The standard InChI is InChI=1S/C26H23N3O3S/c1-33-13-12-20-21-22(26(28-20)18-8-4-5-9-19(18)27-25(26)32)24(31)29(23(21)30)17-11-10-15-6-2-3-7-16(15)14-17/h2-11,14,20-22,28H,12-13H2,1H3,(H,27,32)/p+1/t20-,21-,22-,26+/m1/s1. The van der Waals surface area contributed by atoms with E-state index in [1.54, 1.807) is 11.8 Å². The second-order valence-electron chi connectivity index (χ2n) is 9.03. The molecule has 3 aliphatic rings. The molecule has 3 N–H and O–H groups in total. The molecule has 0 bridgehead atoms. The maximum Gasteiger partial charge on any atom is 0.291 e. The summed E-state index contributed by atoms with van der Waals surface area (Å²) in [6.45, 7) is 0. The monoisotopic (exact) mass is 458 g/mol. The number of thioether (sulfide) groups is 1. The van der Waals surface area contributed by atoms with Gasteiger partial charge in [0.15, 0.2) is 0 Å².